The molecule has 2 unspecified atom stereocenters. The fourth-order valence-electron chi connectivity index (χ4n) is 6.06. The molecule has 3 aliphatic rings. The molecule has 3 aromatic carbocycles. The standard InChI is InChI=1S/C33H35N5O4/c1-21-19-38(29(39)20-37-15-13-36(2)14-16-37)28-12-10-24(18-26(21)28)34-31(22-7-5-4-6-8-22)30-25-11-9-23(33(41)42-3)17-27(25)35-32(30)40/h4-12,17-18,21,30H,13-16,19-20H2,1-3H3,(H,35,40). The maximum atomic E-state index is 13.4. The number of hydrogen-bond acceptors (Lipinski definition) is 7. The number of piperazine rings is 1. The molecular weight excluding hydrogens is 530 g/mol. The molecule has 216 valence electrons. The monoisotopic (exact) mass is 565 g/mol. The predicted octanol–water partition coefficient (Wildman–Crippen LogP) is 4.03. The Balaban J connectivity index is 1.32. The smallest absolute Gasteiger partial charge is 0.337 e. The number of amides is 2. The van der Waals surface area contributed by atoms with Gasteiger partial charge in [0.1, 0.15) is 5.92 Å². The van der Waals surface area contributed by atoms with Crippen molar-refractivity contribution in [2.24, 2.45) is 4.99 Å². The first-order valence-corrected chi connectivity index (χ1v) is 14.3. The second kappa shape index (κ2) is 11.5. The van der Waals surface area contributed by atoms with Crippen LogP contribution in [0.5, 0.6) is 0 Å². The normalized spacial score (nSPS) is 20.7. The summed E-state index contributed by atoms with van der Waals surface area (Å²) in [6, 6.07) is 20.7. The predicted molar refractivity (Wildman–Crippen MR) is 163 cm³/mol. The molecule has 2 atom stereocenters. The van der Waals surface area contributed by atoms with Crippen LogP contribution in [0.1, 0.15) is 45.8 Å². The number of nitrogens with one attached hydrogen (secondary N) is 1. The van der Waals surface area contributed by atoms with Crippen molar-refractivity contribution in [3.8, 4) is 0 Å². The van der Waals surface area contributed by atoms with E-state index in [4.69, 9.17) is 9.73 Å². The number of anilines is 2. The Morgan fingerprint density at radius 1 is 0.952 bits per heavy atom. The van der Waals surface area contributed by atoms with Crippen LogP contribution in [0.3, 0.4) is 0 Å². The molecule has 3 aromatic rings. The van der Waals surface area contributed by atoms with E-state index in [1.54, 1.807) is 18.2 Å². The van der Waals surface area contributed by atoms with Gasteiger partial charge in [0.15, 0.2) is 0 Å². The summed E-state index contributed by atoms with van der Waals surface area (Å²) in [7, 11) is 3.44. The SMILES string of the molecule is COC(=O)c1ccc2c(c1)NC(=O)C2C(=Nc1ccc2c(c1)C(C)CN2C(=O)CN1CCN(C)CC1)c1ccccc1. The van der Waals surface area contributed by atoms with E-state index in [9.17, 15) is 14.4 Å². The van der Waals surface area contributed by atoms with Gasteiger partial charge in [-0.25, -0.2) is 4.79 Å². The minimum atomic E-state index is -0.651. The number of ether oxygens (including phenoxy) is 1. The number of hydrogen-bond donors (Lipinski definition) is 1. The number of esters is 1. The molecule has 0 aromatic heterocycles. The molecule has 42 heavy (non-hydrogen) atoms. The zero-order valence-corrected chi connectivity index (χ0v) is 24.2. The average Bonchev–Trinajstić information content (AvgIpc) is 3.52. The third-order valence-electron chi connectivity index (χ3n) is 8.44. The van der Waals surface area contributed by atoms with Gasteiger partial charge in [0.05, 0.1) is 30.6 Å². The van der Waals surface area contributed by atoms with Gasteiger partial charge in [-0.15, -0.1) is 0 Å². The van der Waals surface area contributed by atoms with Gasteiger partial charge in [-0.05, 0) is 54.1 Å². The number of fused-ring (bicyclic) bond motifs is 2. The first-order valence-electron chi connectivity index (χ1n) is 14.3. The third kappa shape index (κ3) is 5.33. The Labute approximate surface area is 245 Å². The molecule has 1 saturated heterocycles. The van der Waals surface area contributed by atoms with E-state index in [1.165, 1.54) is 7.11 Å². The Morgan fingerprint density at radius 2 is 1.71 bits per heavy atom. The molecule has 1 N–H and O–H groups in total. The lowest BCUT2D eigenvalue weighted by molar-refractivity contribution is -0.120. The Morgan fingerprint density at radius 3 is 2.45 bits per heavy atom. The van der Waals surface area contributed by atoms with Crippen molar-refractivity contribution in [2.75, 3.05) is 63.6 Å². The molecule has 0 saturated carbocycles. The molecule has 3 heterocycles. The summed E-state index contributed by atoms with van der Waals surface area (Å²) < 4.78 is 4.85. The van der Waals surface area contributed by atoms with Crippen molar-refractivity contribution < 1.29 is 19.1 Å². The Bertz CT molecular complexity index is 1560. The van der Waals surface area contributed by atoms with Crippen LogP contribution >= 0.6 is 0 Å². The van der Waals surface area contributed by atoms with Gasteiger partial charge >= 0.3 is 5.97 Å². The van der Waals surface area contributed by atoms with E-state index in [2.05, 4.69) is 29.1 Å². The quantitative estimate of drug-likeness (QED) is 0.358. The van der Waals surface area contributed by atoms with E-state index >= 15 is 0 Å². The summed E-state index contributed by atoms with van der Waals surface area (Å²) in [5.41, 5.74) is 5.89. The lowest BCUT2D eigenvalue weighted by Crippen LogP contribution is -2.48. The summed E-state index contributed by atoms with van der Waals surface area (Å²) in [4.78, 5) is 50.3. The van der Waals surface area contributed by atoms with Crippen LogP contribution in [-0.2, 0) is 14.3 Å². The molecule has 2 amide bonds. The molecule has 0 spiro atoms. The summed E-state index contributed by atoms with van der Waals surface area (Å²) >= 11 is 0. The Hall–Kier alpha value is -4.34. The highest BCUT2D eigenvalue weighted by Crippen LogP contribution is 2.40. The number of carbonyl (C=O) groups is 3. The van der Waals surface area contributed by atoms with Crippen LogP contribution in [0.25, 0.3) is 0 Å². The zero-order chi connectivity index (χ0) is 29.4. The molecule has 0 radical (unpaired) electrons. The van der Waals surface area contributed by atoms with E-state index in [1.807, 2.05) is 53.4 Å². The second-order valence-electron chi connectivity index (χ2n) is 11.3. The van der Waals surface area contributed by atoms with Crippen LogP contribution in [0.4, 0.5) is 17.1 Å². The van der Waals surface area contributed by atoms with Crippen molar-refractivity contribution in [2.45, 2.75) is 18.8 Å². The number of likely N-dealkylation sites (N-methyl/N-ethyl adjacent to an activating group) is 1. The van der Waals surface area contributed by atoms with Gasteiger partial charge in [0.25, 0.3) is 0 Å². The summed E-state index contributed by atoms with van der Waals surface area (Å²) in [5, 5.41) is 2.93. The van der Waals surface area contributed by atoms with E-state index < -0.39 is 11.9 Å². The Kier molecular flexibility index (Phi) is 7.62. The van der Waals surface area contributed by atoms with E-state index in [0.29, 0.717) is 30.1 Å². The largest absolute Gasteiger partial charge is 0.465 e. The number of benzene rings is 3. The van der Waals surface area contributed by atoms with Crippen LogP contribution in [-0.4, -0.2) is 86.7 Å². The summed E-state index contributed by atoms with van der Waals surface area (Å²) in [6.45, 7) is 6.94. The van der Waals surface area contributed by atoms with Crippen LogP contribution in [0.15, 0.2) is 71.7 Å². The van der Waals surface area contributed by atoms with Crippen molar-refractivity contribution >= 4 is 40.6 Å². The van der Waals surface area contributed by atoms with Gasteiger partial charge in [-0.3, -0.25) is 19.5 Å². The maximum absolute atomic E-state index is 13.4. The number of nitrogens with zero attached hydrogens (tertiary/aromatic N) is 4. The second-order valence-corrected chi connectivity index (χ2v) is 11.3. The van der Waals surface area contributed by atoms with Gasteiger partial charge in [-0.2, -0.15) is 0 Å². The first kappa shape index (κ1) is 27.8. The maximum Gasteiger partial charge on any atom is 0.337 e. The topological polar surface area (TPSA) is 94.5 Å². The van der Waals surface area contributed by atoms with Gasteiger partial charge in [0, 0.05) is 50.0 Å². The lowest BCUT2D eigenvalue weighted by atomic mass is 9.90. The van der Waals surface area contributed by atoms with Crippen molar-refractivity contribution in [3.05, 3.63) is 89.0 Å². The minimum Gasteiger partial charge on any atom is -0.465 e. The minimum absolute atomic E-state index is 0.122. The fourth-order valence-corrected chi connectivity index (χ4v) is 6.06. The average molecular weight is 566 g/mol. The molecule has 0 bridgehead atoms. The van der Waals surface area contributed by atoms with Crippen LogP contribution in [0.2, 0.25) is 0 Å². The van der Waals surface area contributed by atoms with E-state index in [-0.39, 0.29) is 17.7 Å². The highest BCUT2D eigenvalue weighted by molar-refractivity contribution is 6.24. The zero-order valence-electron chi connectivity index (χ0n) is 24.2. The third-order valence-corrected chi connectivity index (χ3v) is 8.44. The summed E-state index contributed by atoms with van der Waals surface area (Å²) in [5.74, 6) is -1.03. The van der Waals surface area contributed by atoms with E-state index in [0.717, 1.165) is 54.2 Å². The lowest BCUT2D eigenvalue weighted by Gasteiger charge is -2.32. The number of carbonyl (C=O) groups excluding carboxylic acids is 3. The molecule has 6 rings (SSSR count). The van der Waals surface area contributed by atoms with Crippen LogP contribution < -0.4 is 10.2 Å². The van der Waals surface area contributed by atoms with Crippen molar-refractivity contribution in [3.63, 3.8) is 0 Å². The van der Waals surface area contributed by atoms with Crippen molar-refractivity contribution in [1.29, 1.82) is 0 Å². The van der Waals surface area contributed by atoms with Crippen LogP contribution in [0, 0.1) is 0 Å². The molecule has 9 nitrogen and oxygen atoms in total. The fraction of sp³-hybridized carbons (Fsp3) is 0.333. The number of aliphatic imine (C=N–C) groups is 1. The highest BCUT2D eigenvalue weighted by atomic mass is 16.5. The van der Waals surface area contributed by atoms with Crippen molar-refractivity contribution in [1.82, 2.24) is 9.80 Å². The highest BCUT2D eigenvalue weighted by Gasteiger charge is 2.36. The molecule has 3 aliphatic heterocycles. The van der Waals surface area contributed by atoms with Gasteiger partial charge in [0.2, 0.25) is 11.8 Å². The molecule has 0 aliphatic carbocycles. The molecular formula is C33H35N5O4. The number of rotatable bonds is 6. The molecule has 1 fully saturated rings. The number of methoxy groups -OCH3 is 1. The van der Waals surface area contributed by atoms with Gasteiger partial charge < -0.3 is 19.9 Å². The first-order chi connectivity index (χ1) is 20.3. The van der Waals surface area contributed by atoms with Gasteiger partial charge in [-0.1, -0.05) is 43.3 Å². The molecule has 9 heteroatoms. The summed E-state index contributed by atoms with van der Waals surface area (Å²) in [6.07, 6.45) is 0.